The number of piperazine rings is 1. The zero-order chi connectivity index (χ0) is 16.7. The summed E-state index contributed by atoms with van der Waals surface area (Å²) in [5, 5.41) is 2.08. The van der Waals surface area contributed by atoms with Gasteiger partial charge in [-0.2, -0.15) is 0 Å². The number of hydrogen-bond donors (Lipinski definition) is 0. The van der Waals surface area contributed by atoms with Crippen molar-refractivity contribution < 1.29 is 4.79 Å². The van der Waals surface area contributed by atoms with Gasteiger partial charge in [0, 0.05) is 45.2 Å². The van der Waals surface area contributed by atoms with Crippen LogP contribution in [0.15, 0.2) is 17.8 Å². The Balaban J connectivity index is 1.65. The quantitative estimate of drug-likeness (QED) is 0.789. The average molecular weight is 345 g/mol. The first kappa shape index (κ1) is 15.8. The minimum atomic E-state index is 0.0488. The maximum atomic E-state index is 12.1. The second-order valence-corrected chi connectivity index (χ2v) is 7.88. The fourth-order valence-electron chi connectivity index (χ4n) is 3.94. The second-order valence-electron chi connectivity index (χ2n) is 6.96. The van der Waals surface area contributed by atoms with E-state index in [1.54, 1.807) is 17.7 Å². The van der Waals surface area contributed by atoms with E-state index in [1.165, 1.54) is 4.70 Å². The van der Waals surface area contributed by atoms with Gasteiger partial charge in [0.2, 0.25) is 5.91 Å². The van der Waals surface area contributed by atoms with Crippen LogP contribution in [0.25, 0.3) is 10.2 Å². The van der Waals surface area contributed by atoms with Crippen molar-refractivity contribution >= 4 is 33.3 Å². The summed E-state index contributed by atoms with van der Waals surface area (Å²) < 4.78 is 1.17. The molecule has 1 atom stereocenters. The molecule has 2 aromatic heterocycles. The van der Waals surface area contributed by atoms with Gasteiger partial charge >= 0.3 is 0 Å². The van der Waals surface area contributed by atoms with Gasteiger partial charge < -0.3 is 9.80 Å². The van der Waals surface area contributed by atoms with Crippen molar-refractivity contribution in [2.75, 3.05) is 45.2 Å². The lowest BCUT2D eigenvalue weighted by molar-refractivity contribution is -0.129. The van der Waals surface area contributed by atoms with Crippen LogP contribution >= 0.6 is 11.3 Å². The Morgan fingerprint density at radius 2 is 2.04 bits per heavy atom. The molecule has 0 radical (unpaired) electrons. The molecule has 1 amide bonds. The number of fused-ring (bicyclic) bond motifs is 1. The van der Waals surface area contributed by atoms with Gasteiger partial charge in [0.15, 0.2) is 0 Å². The van der Waals surface area contributed by atoms with Crippen molar-refractivity contribution in [2.45, 2.75) is 24.8 Å². The SMILES string of the molecule is CN1CC[C@@]2(CCC1=O)CN(c1ncnc3ccsc13)CCN2C. The van der Waals surface area contributed by atoms with Crippen LogP contribution in [-0.2, 0) is 4.79 Å². The molecule has 7 heteroatoms. The van der Waals surface area contributed by atoms with Crippen LogP contribution in [-0.4, -0.2) is 71.5 Å². The number of rotatable bonds is 1. The summed E-state index contributed by atoms with van der Waals surface area (Å²) in [6.07, 6.45) is 4.23. The van der Waals surface area contributed by atoms with Gasteiger partial charge in [-0.15, -0.1) is 11.3 Å². The van der Waals surface area contributed by atoms with Gasteiger partial charge in [0.25, 0.3) is 0 Å². The molecule has 2 aliphatic rings. The van der Waals surface area contributed by atoms with Gasteiger partial charge in [-0.3, -0.25) is 9.69 Å². The van der Waals surface area contributed by atoms with Crippen LogP contribution < -0.4 is 4.90 Å². The van der Waals surface area contributed by atoms with Crippen molar-refractivity contribution in [1.29, 1.82) is 0 Å². The molecule has 24 heavy (non-hydrogen) atoms. The molecule has 0 N–H and O–H groups in total. The normalized spacial score (nSPS) is 26.3. The van der Waals surface area contributed by atoms with Gasteiger partial charge in [-0.1, -0.05) is 0 Å². The average Bonchev–Trinajstić information content (AvgIpc) is 3.03. The van der Waals surface area contributed by atoms with E-state index in [1.807, 2.05) is 11.9 Å². The Labute approximate surface area is 146 Å². The summed E-state index contributed by atoms with van der Waals surface area (Å²) in [4.78, 5) is 27.8. The molecule has 0 aromatic carbocycles. The summed E-state index contributed by atoms with van der Waals surface area (Å²) in [6, 6.07) is 2.05. The van der Waals surface area contributed by atoms with Crippen molar-refractivity contribution in [3.05, 3.63) is 17.8 Å². The van der Waals surface area contributed by atoms with E-state index in [0.717, 1.165) is 50.4 Å². The van der Waals surface area contributed by atoms with Crippen molar-refractivity contribution in [3.63, 3.8) is 0 Å². The Kier molecular flexibility index (Phi) is 3.92. The minimum Gasteiger partial charge on any atom is -0.352 e. The molecule has 0 bridgehead atoms. The lowest BCUT2D eigenvalue weighted by Crippen LogP contribution is -2.61. The minimum absolute atomic E-state index is 0.0488. The van der Waals surface area contributed by atoms with Crippen LogP contribution in [0.4, 0.5) is 5.82 Å². The Bertz CT molecular complexity index is 762. The molecule has 4 rings (SSSR count). The number of carbonyl (C=O) groups is 1. The Hall–Kier alpha value is -1.73. The molecule has 0 aliphatic carbocycles. The summed E-state index contributed by atoms with van der Waals surface area (Å²) in [6.45, 7) is 3.71. The van der Waals surface area contributed by atoms with E-state index >= 15 is 0 Å². The zero-order valence-electron chi connectivity index (χ0n) is 14.2. The van der Waals surface area contributed by atoms with E-state index in [2.05, 4.69) is 38.3 Å². The van der Waals surface area contributed by atoms with E-state index in [-0.39, 0.29) is 11.4 Å². The molecule has 2 aliphatic heterocycles. The van der Waals surface area contributed by atoms with E-state index in [9.17, 15) is 4.79 Å². The third-order valence-corrected chi connectivity index (χ3v) is 6.57. The fourth-order valence-corrected chi connectivity index (χ4v) is 4.80. The summed E-state index contributed by atoms with van der Waals surface area (Å²) in [5.41, 5.74) is 1.07. The standard InChI is InChI=1S/C17H23N5OS/c1-20-7-6-17(5-3-14(20)23)11-22(9-8-21(17)2)16-15-13(4-10-24-15)18-12-19-16/h4,10,12H,3,5-9,11H2,1-2H3/t17-/m0/s1. The highest BCUT2D eigenvalue weighted by molar-refractivity contribution is 7.17. The highest BCUT2D eigenvalue weighted by Gasteiger charge is 2.42. The fraction of sp³-hybridized carbons (Fsp3) is 0.588. The number of carbonyl (C=O) groups excluding carboxylic acids is 1. The van der Waals surface area contributed by atoms with Crippen LogP contribution in [0, 0.1) is 0 Å². The molecule has 128 valence electrons. The second kappa shape index (κ2) is 5.97. The molecule has 2 saturated heterocycles. The number of nitrogens with zero attached hydrogens (tertiary/aromatic N) is 5. The summed E-state index contributed by atoms with van der Waals surface area (Å²) in [5.74, 6) is 1.31. The van der Waals surface area contributed by atoms with Crippen LogP contribution in [0.3, 0.4) is 0 Å². The topological polar surface area (TPSA) is 52.6 Å². The zero-order valence-corrected chi connectivity index (χ0v) is 15.1. The third kappa shape index (κ3) is 2.56. The smallest absolute Gasteiger partial charge is 0.222 e. The van der Waals surface area contributed by atoms with Gasteiger partial charge in [-0.25, -0.2) is 9.97 Å². The van der Waals surface area contributed by atoms with Crippen LogP contribution in [0.5, 0.6) is 0 Å². The lowest BCUT2D eigenvalue weighted by Gasteiger charge is -2.49. The van der Waals surface area contributed by atoms with Crippen LogP contribution in [0.2, 0.25) is 0 Å². The lowest BCUT2D eigenvalue weighted by atomic mass is 9.86. The summed E-state index contributed by atoms with van der Waals surface area (Å²) >= 11 is 1.71. The van der Waals surface area contributed by atoms with Crippen molar-refractivity contribution in [1.82, 2.24) is 19.8 Å². The molecule has 4 heterocycles. The predicted molar refractivity (Wildman–Crippen MR) is 96.5 cm³/mol. The number of aromatic nitrogens is 2. The number of thiophene rings is 1. The van der Waals surface area contributed by atoms with Crippen molar-refractivity contribution in [3.8, 4) is 0 Å². The first-order valence-corrected chi connectivity index (χ1v) is 9.35. The monoisotopic (exact) mass is 345 g/mol. The molecule has 2 aromatic rings. The third-order valence-electron chi connectivity index (χ3n) is 5.67. The first-order valence-electron chi connectivity index (χ1n) is 8.47. The maximum absolute atomic E-state index is 12.1. The number of likely N-dealkylation sites (N-methyl/N-ethyl adjacent to an activating group) is 1. The number of hydrogen-bond acceptors (Lipinski definition) is 6. The largest absolute Gasteiger partial charge is 0.352 e. The summed E-state index contributed by atoms with van der Waals surface area (Å²) in [7, 11) is 4.12. The molecule has 0 saturated carbocycles. The first-order chi connectivity index (χ1) is 11.6. The predicted octanol–water partition coefficient (Wildman–Crippen LogP) is 1.82. The van der Waals surface area contributed by atoms with Crippen LogP contribution in [0.1, 0.15) is 19.3 Å². The van der Waals surface area contributed by atoms with Crippen molar-refractivity contribution in [2.24, 2.45) is 0 Å². The highest BCUT2D eigenvalue weighted by atomic mass is 32.1. The molecule has 1 spiro atoms. The highest BCUT2D eigenvalue weighted by Crippen LogP contribution is 2.36. The molecular formula is C17H23N5OS. The van der Waals surface area contributed by atoms with E-state index < -0.39 is 0 Å². The number of amides is 1. The molecule has 6 nitrogen and oxygen atoms in total. The number of anilines is 1. The van der Waals surface area contributed by atoms with Gasteiger partial charge in [0.1, 0.15) is 12.1 Å². The van der Waals surface area contributed by atoms with Gasteiger partial charge in [0.05, 0.1) is 10.2 Å². The molecular weight excluding hydrogens is 322 g/mol. The van der Waals surface area contributed by atoms with Gasteiger partial charge in [-0.05, 0) is 31.3 Å². The van der Waals surface area contributed by atoms with E-state index in [0.29, 0.717) is 6.42 Å². The van der Waals surface area contributed by atoms with E-state index in [4.69, 9.17) is 0 Å². The number of likely N-dealkylation sites (tertiary alicyclic amines) is 1. The Morgan fingerprint density at radius 1 is 1.17 bits per heavy atom. The molecule has 2 fully saturated rings. The Morgan fingerprint density at radius 3 is 2.92 bits per heavy atom. The molecule has 0 unspecified atom stereocenters. The maximum Gasteiger partial charge on any atom is 0.222 e.